The highest BCUT2D eigenvalue weighted by Crippen LogP contribution is 2.28. The van der Waals surface area contributed by atoms with E-state index in [-0.39, 0.29) is 18.3 Å². The number of aromatic amines is 1. The molecule has 142 valence electrons. The van der Waals surface area contributed by atoms with Gasteiger partial charge in [0.1, 0.15) is 11.5 Å². The Kier molecular flexibility index (Phi) is 6.39. The Balaban J connectivity index is 2.34. The molecule has 1 amide bonds. The van der Waals surface area contributed by atoms with E-state index in [1.165, 1.54) is 17.0 Å². The van der Waals surface area contributed by atoms with Crippen LogP contribution in [0.5, 0.6) is 0 Å². The monoisotopic (exact) mass is 371 g/mol. The first kappa shape index (κ1) is 19.9. The van der Waals surface area contributed by atoms with Gasteiger partial charge in [-0.2, -0.15) is 18.3 Å². The summed E-state index contributed by atoms with van der Waals surface area (Å²) in [5.41, 5.74) is -1.11. The molecule has 26 heavy (non-hydrogen) atoms. The largest absolute Gasteiger partial charge is 0.432 e. The Bertz CT molecular complexity index is 742. The number of nitrogens with one attached hydrogen (secondary N) is 1. The molecule has 0 aliphatic rings. The van der Waals surface area contributed by atoms with Gasteiger partial charge >= 0.3 is 6.18 Å². The molecule has 0 spiro atoms. The third-order valence-electron chi connectivity index (χ3n) is 4.20. The number of alkyl halides is 3. The summed E-state index contributed by atoms with van der Waals surface area (Å²) in [7, 11) is 0. The van der Waals surface area contributed by atoms with Crippen molar-refractivity contribution in [2.45, 2.75) is 51.9 Å². The fraction of sp³-hybridized carbons (Fsp3) is 0.444. The molecule has 2 rings (SSSR count). The Morgan fingerprint density at radius 1 is 1.27 bits per heavy atom. The van der Waals surface area contributed by atoms with Crippen LogP contribution in [0.3, 0.4) is 0 Å². The summed E-state index contributed by atoms with van der Waals surface area (Å²) in [6.45, 7) is 3.80. The number of H-pyrrole nitrogens is 1. The molecule has 0 aliphatic heterocycles. The van der Waals surface area contributed by atoms with Gasteiger partial charge < -0.3 is 4.90 Å². The van der Waals surface area contributed by atoms with E-state index in [0.717, 1.165) is 6.42 Å². The van der Waals surface area contributed by atoms with Crippen molar-refractivity contribution in [3.8, 4) is 0 Å². The minimum Gasteiger partial charge on any atom is -0.330 e. The molecule has 0 radical (unpaired) electrons. The molecule has 2 aromatic rings. The molecule has 0 fully saturated rings. The van der Waals surface area contributed by atoms with Crippen LogP contribution in [0.2, 0.25) is 0 Å². The second-order valence-corrected chi connectivity index (χ2v) is 6.04. The Labute approximate surface area is 149 Å². The Hall–Kier alpha value is -2.38. The number of carbonyl (C=O) groups is 1. The zero-order valence-electron chi connectivity index (χ0n) is 14.6. The van der Waals surface area contributed by atoms with E-state index >= 15 is 0 Å². The molecule has 0 saturated heterocycles. The number of hydrogen-bond acceptors (Lipinski definition) is 2. The maximum Gasteiger partial charge on any atom is 0.432 e. The summed E-state index contributed by atoms with van der Waals surface area (Å²) in [6, 6.07) is 6.50. The lowest BCUT2D eigenvalue weighted by atomic mass is 10.0. The minimum atomic E-state index is -4.62. The van der Waals surface area contributed by atoms with E-state index in [4.69, 9.17) is 0 Å². The van der Waals surface area contributed by atoms with Crippen molar-refractivity contribution in [1.29, 1.82) is 0 Å². The average molecular weight is 371 g/mol. The second-order valence-electron chi connectivity index (χ2n) is 6.04. The van der Waals surface area contributed by atoms with Gasteiger partial charge in [-0.25, -0.2) is 4.39 Å². The van der Waals surface area contributed by atoms with Gasteiger partial charge in [-0.1, -0.05) is 38.5 Å². The molecule has 0 aliphatic carbocycles. The van der Waals surface area contributed by atoms with Crippen LogP contribution in [0.4, 0.5) is 17.6 Å². The number of nitrogens with zero attached hydrogens (tertiary/aromatic N) is 2. The smallest absolute Gasteiger partial charge is 0.330 e. The molecule has 4 nitrogen and oxygen atoms in total. The van der Waals surface area contributed by atoms with Crippen LogP contribution in [0.15, 0.2) is 30.3 Å². The molecule has 1 aromatic heterocycles. The van der Waals surface area contributed by atoms with Crippen molar-refractivity contribution in [3.63, 3.8) is 0 Å². The molecule has 0 saturated carbocycles. The second kappa shape index (κ2) is 8.33. The fourth-order valence-electron chi connectivity index (χ4n) is 2.81. The van der Waals surface area contributed by atoms with Crippen LogP contribution in [-0.2, 0) is 12.7 Å². The van der Waals surface area contributed by atoms with E-state index < -0.39 is 23.6 Å². The average Bonchev–Trinajstić information content (AvgIpc) is 3.09. The van der Waals surface area contributed by atoms with Crippen LogP contribution < -0.4 is 0 Å². The van der Waals surface area contributed by atoms with Gasteiger partial charge in [0.25, 0.3) is 5.91 Å². The predicted octanol–water partition coefficient (Wildman–Crippen LogP) is 4.79. The number of rotatable bonds is 7. The first-order chi connectivity index (χ1) is 12.3. The molecule has 8 heteroatoms. The van der Waals surface area contributed by atoms with Crippen molar-refractivity contribution in [2.75, 3.05) is 0 Å². The minimum absolute atomic E-state index is 0.0295. The van der Waals surface area contributed by atoms with E-state index in [9.17, 15) is 22.4 Å². The number of hydrogen-bond donors (Lipinski definition) is 1. The summed E-state index contributed by atoms with van der Waals surface area (Å²) in [4.78, 5) is 14.2. The summed E-state index contributed by atoms with van der Waals surface area (Å²) in [5, 5.41) is 5.36. The number of amides is 1. The van der Waals surface area contributed by atoms with Gasteiger partial charge in [-0.15, -0.1) is 0 Å². The Morgan fingerprint density at radius 3 is 2.50 bits per heavy atom. The highest BCUT2D eigenvalue weighted by atomic mass is 19.4. The summed E-state index contributed by atoms with van der Waals surface area (Å²) in [6.07, 6.45) is -2.57. The van der Waals surface area contributed by atoms with Crippen LogP contribution in [0.1, 0.15) is 54.9 Å². The molecule has 1 heterocycles. The summed E-state index contributed by atoms with van der Waals surface area (Å²) < 4.78 is 52.3. The van der Waals surface area contributed by atoms with E-state index in [0.29, 0.717) is 24.5 Å². The number of carbonyl (C=O) groups excluding carboxylic acids is 1. The third kappa shape index (κ3) is 4.62. The first-order valence-electron chi connectivity index (χ1n) is 8.44. The van der Waals surface area contributed by atoms with Gasteiger partial charge in [0.2, 0.25) is 0 Å². The zero-order chi connectivity index (χ0) is 19.3. The van der Waals surface area contributed by atoms with E-state index in [2.05, 4.69) is 5.10 Å². The van der Waals surface area contributed by atoms with Gasteiger partial charge in [0, 0.05) is 24.2 Å². The summed E-state index contributed by atoms with van der Waals surface area (Å²) in [5.74, 6) is -1.12. The van der Waals surface area contributed by atoms with Crippen LogP contribution in [0, 0.1) is 5.82 Å². The van der Waals surface area contributed by atoms with Gasteiger partial charge in [-0.05, 0) is 18.9 Å². The van der Waals surface area contributed by atoms with Gasteiger partial charge in [-0.3, -0.25) is 9.89 Å². The van der Waals surface area contributed by atoms with E-state index in [1.54, 1.807) is 12.1 Å². The van der Waals surface area contributed by atoms with Crippen LogP contribution >= 0.6 is 0 Å². The highest BCUT2D eigenvalue weighted by molar-refractivity contribution is 5.92. The van der Waals surface area contributed by atoms with Crippen LogP contribution in [0.25, 0.3) is 0 Å². The van der Waals surface area contributed by atoms with Gasteiger partial charge in [0.15, 0.2) is 5.69 Å². The maximum atomic E-state index is 14.0. The van der Waals surface area contributed by atoms with Crippen molar-refractivity contribution in [2.24, 2.45) is 0 Å². The van der Waals surface area contributed by atoms with Crippen molar-refractivity contribution >= 4 is 5.91 Å². The lowest BCUT2D eigenvalue weighted by Crippen LogP contribution is -2.40. The lowest BCUT2D eigenvalue weighted by molar-refractivity contribution is -0.141. The van der Waals surface area contributed by atoms with Crippen LogP contribution in [-0.4, -0.2) is 27.0 Å². The maximum absolute atomic E-state index is 14.0. The molecule has 1 unspecified atom stereocenters. The fourth-order valence-corrected chi connectivity index (χ4v) is 2.81. The standard InChI is InChI=1S/C18H21F4N3O/c1-3-7-13(4-2)25(11-12-8-5-6-9-14(12)19)17(26)15-10-16(24-23-15)18(20,21)22/h5-6,8-10,13H,3-4,7,11H2,1-2H3,(H,23,24). The molecule has 1 N–H and O–H groups in total. The third-order valence-corrected chi connectivity index (χ3v) is 4.20. The molecule has 1 atom stereocenters. The number of benzene rings is 1. The predicted molar refractivity (Wildman–Crippen MR) is 88.9 cm³/mol. The van der Waals surface area contributed by atoms with Crippen molar-refractivity contribution in [3.05, 3.63) is 53.1 Å². The number of aromatic nitrogens is 2. The van der Waals surface area contributed by atoms with Crippen molar-refractivity contribution in [1.82, 2.24) is 15.1 Å². The molecular weight excluding hydrogens is 350 g/mol. The van der Waals surface area contributed by atoms with E-state index in [1.807, 2.05) is 18.9 Å². The highest BCUT2D eigenvalue weighted by Gasteiger charge is 2.35. The number of halogens is 4. The quantitative estimate of drug-likeness (QED) is 0.712. The lowest BCUT2D eigenvalue weighted by Gasteiger charge is -2.31. The Morgan fingerprint density at radius 2 is 1.96 bits per heavy atom. The normalized spacial score (nSPS) is 12.8. The molecule has 0 bridgehead atoms. The topological polar surface area (TPSA) is 49.0 Å². The zero-order valence-corrected chi connectivity index (χ0v) is 14.6. The SMILES string of the molecule is CCCC(CC)N(Cc1ccccc1F)C(=O)c1cc(C(F)(F)F)[nH]n1. The summed E-state index contributed by atoms with van der Waals surface area (Å²) >= 11 is 0. The van der Waals surface area contributed by atoms with Gasteiger partial charge in [0.05, 0.1) is 0 Å². The van der Waals surface area contributed by atoms with Crippen molar-refractivity contribution < 1.29 is 22.4 Å². The molecule has 1 aromatic carbocycles. The molecular formula is C18H21F4N3O. The first-order valence-corrected chi connectivity index (χ1v) is 8.44.